The van der Waals surface area contributed by atoms with Crippen LogP contribution in [-0.2, 0) is 20.9 Å². The summed E-state index contributed by atoms with van der Waals surface area (Å²) in [5.74, 6) is -1.19. The Bertz CT molecular complexity index is 997. The number of aromatic nitrogens is 6. The van der Waals surface area contributed by atoms with Gasteiger partial charge in [0, 0.05) is 11.5 Å². The second-order valence-electron chi connectivity index (χ2n) is 6.10. The number of thioether (sulfide) groups is 2. The molecule has 154 valence electrons. The number of hydrogen-bond acceptors (Lipinski definition) is 11. The molecule has 4 rings (SSSR count). The summed E-state index contributed by atoms with van der Waals surface area (Å²) in [7, 11) is 0. The normalized spacial score (nSPS) is 20.3. The van der Waals surface area contributed by atoms with E-state index >= 15 is 0 Å². The average molecular weight is 495 g/mol. The van der Waals surface area contributed by atoms with Gasteiger partial charge in [0.1, 0.15) is 35.0 Å². The molecule has 2 aromatic rings. The fourth-order valence-electron chi connectivity index (χ4n) is 2.90. The number of β-lactam (4-membered cyclic amide) rings is 1. The molecule has 0 aliphatic carbocycles. The Morgan fingerprint density at radius 1 is 1.40 bits per heavy atom. The molecule has 2 amide bonds. The molecule has 2 aromatic heterocycles. The van der Waals surface area contributed by atoms with Gasteiger partial charge in [-0.2, -0.15) is 0 Å². The number of carboxylic acid groups (broad SMARTS) is 1. The molecule has 2 atom stereocenters. The minimum atomic E-state index is -1.16. The Morgan fingerprint density at radius 2 is 2.20 bits per heavy atom. The maximum absolute atomic E-state index is 12.6. The Balaban J connectivity index is 0.00000256. The summed E-state index contributed by atoms with van der Waals surface area (Å²) in [4.78, 5) is 37.8. The second kappa shape index (κ2) is 10.2. The SMILES string of the molecule is Cc1nnc(SCC2=C(C(=O)O)N3C(=O)[C@@H](NC(=O)Cn4cnnn4)[C@H]3SC2)s1.[KH]. The summed E-state index contributed by atoms with van der Waals surface area (Å²) in [5.41, 5.74) is 0.627. The van der Waals surface area contributed by atoms with E-state index < -0.39 is 29.2 Å². The first kappa shape index (κ1) is 23.8. The third kappa shape index (κ3) is 4.95. The van der Waals surface area contributed by atoms with Gasteiger partial charge < -0.3 is 10.4 Å². The van der Waals surface area contributed by atoms with E-state index in [1.54, 1.807) is 0 Å². The van der Waals surface area contributed by atoms with Crippen LogP contribution in [0, 0.1) is 6.92 Å². The molecule has 12 nitrogen and oxygen atoms in total. The fourth-order valence-corrected chi connectivity index (χ4v) is 6.20. The average Bonchev–Trinajstić information content (AvgIpc) is 3.35. The molecule has 0 spiro atoms. The number of carbonyl (C=O) groups excluding carboxylic acids is 2. The number of fused-ring (bicyclic) bond motifs is 1. The second-order valence-corrected chi connectivity index (χ2v) is 9.60. The number of hydrogen-bond donors (Lipinski definition) is 2. The van der Waals surface area contributed by atoms with Crippen LogP contribution >= 0.6 is 34.9 Å². The van der Waals surface area contributed by atoms with Crippen molar-refractivity contribution in [2.45, 2.75) is 29.2 Å². The van der Waals surface area contributed by atoms with E-state index in [0.29, 0.717) is 17.1 Å². The first-order valence-corrected chi connectivity index (χ1v) is 11.1. The zero-order valence-corrected chi connectivity index (χ0v) is 17.3. The molecule has 4 heterocycles. The molecule has 2 N–H and O–H groups in total. The van der Waals surface area contributed by atoms with Crippen LogP contribution in [0.5, 0.6) is 0 Å². The number of aliphatic carboxylic acids is 1. The van der Waals surface area contributed by atoms with E-state index in [1.165, 1.54) is 50.8 Å². The number of aryl methyl sites for hydroxylation is 1. The predicted molar refractivity (Wildman–Crippen MR) is 110 cm³/mol. The number of carbonyl (C=O) groups is 3. The third-order valence-electron chi connectivity index (χ3n) is 4.14. The molecule has 0 bridgehead atoms. The molecule has 16 heteroatoms. The van der Waals surface area contributed by atoms with Crippen LogP contribution in [0.2, 0.25) is 0 Å². The van der Waals surface area contributed by atoms with Gasteiger partial charge in [-0.25, -0.2) is 9.48 Å². The van der Waals surface area contributed by atoms with Gasteiger partial charge in [-0.1, -0.05) is 23.1 Å². The molecule has 1 saturated heterocycles. The molecular weight excluding hydrogens is 480 g/mol. The Morgan fingerprint density at radius 3 is 2.83 bits per heavy atom. The van der Waals surface area contributed by atoms with Crippen LogP contribution in [0.25, 0.3) is 0 Å². The van der Waals surface area contributed by atoms with E-state index in [1.807, 2.05) is 6.92 Å². The fraction of sp³-hybridized carbons (Fsp3) is 0.429. The van der Waals surface area contributed by atoms with Crippen molar-refractivity contribution >= 4 is 104 Å². The van der Waals surface area contributed by atoms with Gasteiger partial charge in [0.25, 0.3) is 5.91 Å². The molecule has 0 saturated carbocycles. The van der Waals surface area contributed by atoms with Crippen molar-refractivity contribution in [2.24, 2.45) is 0 Å². The van der Waals surface area contributed by atoms with Gasteiger partial charge in [0.15, 0.2) is 4.34 Å². The van der Waals surface area contributed by atoms with Crippen LogP contribution in [0.4, 0.5) is 0 Å². The molecule has 2 aliphatic heterocycles. The van der Waals surface area contributed by atoms with E-state index in [4.69, 9.17) is 0 Å². The van der Waals surface area contributed by atoms with Crippen molar-refractivity contribution in [1.82, 2.24) is 40.6 Å². The summed E-state index contributed by atoms with van der Waals surface area (Å²) in [6.45, 7) is 1.72. The minimum absolute atomic E-state index is 0. The van der Waals surface area contributed by atoms with Crippen LogP contribution in [-0.4, -0.2) is 133 Å². The predicted octanol–water partition coefficient (Wildman–Crippen LogP) is -1.28. The molecular formula is C14H15KN8O4S3. The topological polar surface area (TPSA) is 156 Å². The van der Waals surface area contributed by atoms with E-state index in [-0.39, 0.29) is 63.6 Å². The molecule has 30 heavy (non-hydrogen) atoms. The van der Waals surface area contributed by atoms with Crippen LogP contribution in [0.15, 0.2) is 21.9 Å². The number of amides is 2. The van der Waals surface area contributed by atoms with Crippen LogP contribution in [0.3, 0.4) is 0 Å². The Kier molecular flexibility index (Phi) is 8.05. The summed E-state index contributed by atoms with van der Waals surface area (Å²) >= 11 is 4.24. The Labute approximate surface area is 225 Å². The third-order valence-corrected chi connectivity index (χ3v) is 7.54. The van der Waals surface area contributed by atoms with Gasteiger partial charge in [-0.05, 0) is 22.9 Å². The van der Waals surface area contributed by atoms with Crippen molar-refractivity contribution in [3.05, 3.63) is 22.6 Å². The number of rotatable bonds is 7. The molecule has 0 unspecified atom stereocenters. The maximum atomic E-state index is 12.6. The number of nitrogens with zero attached hydrogens (tertiary/aromatic N) is 7. The summed E-state index contributed by atoms with van der Waals surface area (Å²) in [6, 6.07) is -0.779. The van der Waals surface area contributed by atoms with Gasteiger partial charge in [-0.3, -0.25) is 14.5 Å². The molecule has 0 aromatic carbocycles. The van der Waals surface area contributed by atoms with Crippen LogP contribution < -0.4 is 5.32 Å². The quantitative estimate of drug-likeness (QED) is 0.268. The van der Waals surface area contributed by atoms with Gasteiger partial charge in [0.05, 0.1) is 0 Å². The van der Waals surface area contributed by atoms with Gasteiger partial charge in [-0.15, -0.1) is 27.1 Å². The first-order valence-electron chi connectivity index (χ1n) is 8.27. The number of tetrazole rings is 1. The van der Waals surface area contributed by atoms with Crippen LogP contribution in [0.1, 0.15) is 5.01 Å². The summed E-state index contributed by atoms with van der Waals surface area (Å²) in [5, 5.41) is 31.1. The van der Waals surface area contributed by atoms with Crippen molar-refractivity contribution < 1.29 is 19.5 Å². The first-order chi connectivity index (χ1) is 13.9. The van der Waals surface area contributed by atoms with Crippen molar-refractivity contribution in [2.75, 3.05) is 11.5 Å². The monoisotopic (exact) mass is 494 g/mol. The zero-order chi connectivity index (χ0) is 20.5. The molecule has 2 aliphatic rings. The molecule has 0 radical (unpaired) electrons. The molecule has 1 fully saturated rings. The van der Waals surface area contributed by atoms with Crippen molar-refractivity contribution in [3.63, 3.8) is 0 Å². The van der Waals surface area contributed by atoms with E-state index in [9.17, 15) is 19.5 Å². The van der Waals surface area contributed by atoms with E-state index in [0.717, 1.165) is 9.35 Å². The number of nitrogens with one attached hydrogen (secondary N) is 1. The van der Waals surface area contributed by atoms with E-state index in [2.05, 4.69) is 31.0 Å². The standard InChI is InChI=1S/C14H14N8O4S3.K.H/c1-6-17-18-14(29-6)28-4-7-3-27-12-9(11(24)22(12)10(7)13(25)26)16-8(23)2-21-5-15-19-20-21;;/h5,9,12H,2-4H2,1H3,(H,16,23)(H,25,26);;/t9-,12-;;/m1../s1. The van der Waals surface area contributed by atoms with Crippen molar-refractivity contribution in [3.8, 4) is 0 Å². The van der Waals surface area contributed by atoms with Gasteiger partial charge in [0.2, 0.25) is 5.91 Å². The zero-order valence-electron chi connectivity index (χ0n) is 14.9. The van der Waals surface area contributed by atoms with Crippen molar-refractivity contribution in [1.29, 1.82) is 0 Å². The summed E-state index contributed by atoms with van der Waals surface area (Å²) < 4.78 is 1.98. The summed E-state index contributed by atoms with van der Waals surface area (Å²) in [6.07, 6.45) is 1.29. The Hall–Kier alpha value is -0.884. The van der Waals surface area contributed by atoms with Gasteiger partial charge >= 0.3 is 57.4 Å². The number of carboxylic acids is 1.